The molecule has 2 atom stereocenters. The molecular formula is C18H20FNO2S. The Balaban J connectivity index is 2.10. The van der Waals surface area contributed by atoms with E-state index in [0.717, 1.165) is 5.69 Å². The molecule has 122 valence electrons. The van der Waals surface area contributed by atoms with Crippen LogP contribution in [0, 0.1) is 5.82 Å². The topological polar surface area (TPSA) is 37.4 Å². The zero-order valence-electron chi connectivity index (χ0n) is 13.2. The van der Waals surface area contributed by atoms with Crippen LogP contribution in [0.4, 0.5) is 10.1 Å². The van der Waals surface area contributed by atoms with Crippen molar-refractivity contribution in [1.82, 2.24) is 0 Å². The van der Waals surface area contributed by atoms with Gasteiger partial charge in [0.2, 0.25) is 5.91 Å². The molecule has 0 unspecified atom stereocenters. The van der Waals surface area contributed by atoms with Crippen molar-refractivity contribution in [2.75, 3.05) is 11.4 Å². The van der Waals surface area contributed by atoms with Crippen molar-refractivity contribution in [2.24, 2.45) is 0 Å². The van der Waals surface area contributed by atoms with Gasteiger partial charge < -0.3 is 4.90 Å². The predicted molar refractivity (Wildman–Crippen MR) is 92.2 cm³/mol. The number of carbonyl (C=O) groups excluding carboxylic acids is 1. The number of hydrogen-bond acceptors (Lipinski definition) is 2. The van der Waals surface area contributed by atoms with Crippen LogP contribution in [0.2, 0.25) is 0 Å². The van der Waals surface area contributed by atoms with E-state index in [1.807, 2.05) is 37.3 Å². The third kappa shape index (κ3) is 4.48. The smallest absolute Gasteiger partial charge is 0.242 e. The van der Waals surface area contributed by atoms with E-state index in [0.29, 0.717) is 12.1 Å². The van der Waals surface area contributed by atoms with Gasteiger partial charge in [-0.15, -0.1) is 0 Å². The van der Waals surface area contributed by atoms with E-state index in [4.69, 9.17) is 0 Å². The van der Waals surface area contributed by atoms with Crippen LogP contribution >= 0.6 is 0 Å². The van der Waals surface area contributed by atoms with E-state index < -0.39 is 16.0 Å². The minimum Gasteiger partial charge on any atom is -0.312 e. The number of rotatable bonds is 6. The normalized spacial score (nSPS) is 13.3. The van der Waals surface area contributed by atoms with Gasteiger partial charge in [0.15, 0.2) is 0 Å². The van der Waals surface area contributed by atoms with Gasteiger partial charge in [-0.05, 0) is 43.7 Å². The quantitative estimate of drug-likeness (QED) is 0.811. The van der Waals surface area contributed by atoms with Crippen molar-refractivity contribution in [3.63, 3.8) is 0 Å². The molecule has 0 aliphatic carbocycles. The second kappa shape index (κ2) is 8.02. The summed E-state index contributed by atoms with van der Waals surface area (Å²) in [5, 5.41) is -0.654. The minimum atomic E-state index is -1.41. The first-order chi connectivity index (χ1) is 11.0. The summed E-state index contributed by atoms with van der Waals surface area (Å²) in [4.78, 5) is 14.3. The van der Waals surface area contributed by atoms with Crippen molar-refractivity contribution >= 4 is 22.4 Å². The van der Waals surface area contributed by atoms with Gasteiger partial charge in [0.25, 0.3) is 0 Å². The zero-order chi connectivity index (χ0) is 16.8. The molecule has 0 spiro atoms. The van der Waals surface area contributed by atoms with Crippen LogP contribution in [0.3, 0.4) is 0 Å². The summed E-state index contributed by atoms with van der Waals surface area (Å²) in [6.45, 7) is 4.04. The van der Waals surface area contributed by atoms with Crippen LogP contribution in [-0.2, 0) is 21.3 Å². The van der Waals surface area contributed by atoms with E-state index >= 15 is 0 Å². The van der Waals surface area contributed by atoms with Crippen LogP contribution in [0.1, 0.15) is 19.4 Å². The van der Waals surface area contributed by atoms with Crippen molar-refractivity contribution < 1.29 is 13.4 Å². The lowest BCUT2D eigenvalue weighted by Gasteiger charge is -2.24. The van der Waals surface area contributed by atoms with Crippen LogP contribution in [0.15, 0.2) is 54.6 Å². The maximum Gasteiger partial charge on any atom is 0.242 e. The van der Waals surface area contributed by atoms with E-state index in [1.165, 1.54) is 12.1 Å². The fourth-order valence-electron chi connectivity index (χ4n) is 2.32. The van der Waals surface area contributed by atoms with Crippen LogP contribution in [0.5, 0.6) is 0 Å². The van der Waals surface area contributed by atoms with Gasteiger partial charge in [-0.3, -0.25) is 9.00 Å². The zero-order valence-corrected chi connectivity index (χ0v) is 14.1. The third-order valence-electron chi connectivity index (χ3n) is 3.59. The molecule has 0 N–H and O–H groups in total. The maximum atomic E-state index is 13.2. The minimum absolute atomic E-state index is 0.164. The summed E-state index contributed by atoms with van der Waals surface area (Å²) in [7, 11) is -1.41. The molecule has 0 saturated heterocycles. The number of anilines is 1. The third-order valence-corrected chi connectivity index (χ3v) is 5.20. The average molecular weight is 333 g/mol. The summed E-state index contributed by atoms with van der Waals surface area (Å²) < 4.78 is 25.7. The molecule has 5 heteroatoms. The first-order valence-corrected chi connectivity index (χ1v) is 8.89. The van der Waals surface area contributed by atoms with Gasteiger partial charge in [-0.1, -0.05) is 30.3 Å². The molecule has 3 nitrogen and oxygen atoms in total. The van der Waals surface area contributed by atoms with E-state index in [9.17, 15) is 13.4 Å². The summed E-state index contributed by atoms with van der Waals surface area (Å²) >= 11 is 0. The van der Waals surface area contributed by atoms with Crippen LogP contribution < -0.4 is 4.90 Å². The molecular weight excluding hydrogens is 313 g/mol. The molecule has 0 aromatic heterocycles. The molecule has 23 heavy (non-hydrogen) atoms. The number of hydrogen-bond donors (Lipinski definition) is 0. The second-order valence-electron chi connectivity index (χ2n) is 5.22. The number of halogens is 1. The lowest BCUT2D eigenvalue weighted by atomic mass is 10.2. The highest BCUT2D eigenvalue weighted by molar-refractivity contribution is 7.85. The second-order valence-corrected chi connectivity index (χ2v) is 6.97. The highest BCUT2D eigenvalue weighted by Crippen LogP contribution is 2.17. The Labute approximate surface area is 138 Å². The van der Waals surface area contributed by atoms with E-state index in [-0.39, 0.29) is 17.5 Å². The fraction of sp³-hybridized carbons (Fsp3) is 0.278. The first kappa shape index (κ1) is 17.3. The molecule has 0 radical (unpaired) electrons. The SMILES string of the molecule is CCN(C(=O)[C@@H](C)[S@](=O)Cc1cccc(F)c1)c1ccccc1. The molecule has 2 aromatic rings. The van der Waals surface area contributed by atoms with Crippen molar-refractivity contribution in [1.29, 1.82) is 0 Å². The Morgan fingerprint density at radius 2 is 1.87 bits per heavy atom. The Morgan fingerprint density at radius 3 is 2.48 bits per heavy atom. The molecule has 2 aromatic carbocycles. The average Bonchev–Trinajstić information content (AvgIpc) is 2.55. The van der Waals surface area contributed by atoms with Crippen molar-refractivity contribution in [2.45, 2.75) is 24.9 Å². The largest absolute Gasteiger partial charge is 0.312 e. The van der Waals surface area contributed by atoms with Gasteiger partial charge in [0, 0.05) is 28.8 Å². The van der Waals surface area contributed by atoms with Gasteiger partial charge in [-0.25, -0.2) is 4.39 Å². The number of nitrogens with zero attached hydrogens (tertiary/aromatic N) is 1. The van der Waals surface area contributed by atoms with Crippen molar-refractivity contribution in [3.05, 3.63) is 66.0 Å². The molecule has 0 bridgehead atoms. The van der Waals surface area contributed by atoms with Gasteiger partial charge in [0.1, 0.15) is 11.1 Å². The number of amides is 1. The monoisotopic (exact) mass is 333 g/mol. The molecule has 0 fully saturated rings. The summed E-state index contributed by atoms with van der Waals surface area (Å²) in [6, 6.07) is 15.3. The predicted octanol–water partition coefficient (Wildman–Crippen LogP) is 3.52. The van der Waals surface area contributed by atoms with E-state index in [2.05, 4.69) is 0 Å². The highest BCUT2D eigenvalue weighted by atomic mass is 32.2. The summed E-state index contributed by atoms with van der Waals surface area (Å²) in [5.41, 5.74) is 1.42. The highest BCUT2D eigenvalue weighted by Gasteiger charge is 2.25. The van der Waals surface area contributed by atoms with Crippen molar-refractivity contribution in [3.8, 4) is 0 Å². The Kier molecular flexibility index (Phi) is 6.04. The van der Waals surface area contributed by atoms with E-state index in [1.54, 1.807) is 24.0 Å². The Hall–Kier alpha value is -2.01. The van der Waals surface area contributed by atoms with Crippen LogP contribution in [-0.4, -0.2) is 21.9 Å². The molecule has 0 aliphatic rings. The summed E-state index contributed by atoms with van der Waals surface area (Å²) in [5.74, 6) is -0.386. The molecule has 0 aliphatic heterocycles. The molecule has 0 saturated carbocycles. The summed E-state index contributed by atoms with van der Waals surface area (Å²) in [6.07, 6.45) is 0. The van der Waals surface area contributed by atoms with Gasteiger partial charge in [-0.2, -0.15) is 0 Å². The number of benzene rings is 2. The van der Waals surface area contributed by atoms with Crippen LogP contribution in [0.25, 0.3) is 0 Å². The lowest BCUT2D eigenvalue weighted by molar-refractivity contribution is -0.117. The van der Waals surface area contributed by atoms with Gasteiger partial charge >= 0.3 is 0 Å². The molecule has 1 amide bonds. The first-order valence-electron chi connectivity index (χ1n) is 7.51. The maximum absolute atomic E-state index is 13.2. The lowest BCUT2D eigenvalue weighted by Crippen LogP contribution is -2.40. The molecule has 2 rings (SSSR count). The number of para-hydroxylation sites is 1. The molecule has 0 heterocycles. The van der Waals surface area contributed by atoms with Gasteiger partial charge in [0.05, 0.1) is 0 Å². The Bertz CT molecular complexity index is 690. The number of carbonyl (C=O) groups is 1. The fourth-order valence-corrected chi connectivity index (χ4v) is 3.43. The standard InChI is InChI=1S/C18H20FNO2S/c1-3-20(17-10-5-4-6-11-17)18(21)14(2)23(22)13-15-8-7-9-16(19)12-15/h4-12,14H,3,13H2,1-2H3/t14-,23-/m1/s1. The Morgan fingerprint density at radius 1 is 1.17 bits per heavy atom.